The van der Waals surface area contributed by atoms with E-state index in [4.69, 9.17) is 4.74 Å². The number of hydrogen-bond acceptors (Lipinski definition) is 2. The number of nitrogens with one attached hydrogen (secondary N) is 1. The predicted octanol–water partition coefficient (Wildman–Crippen LogP) is 3.36. The first-order valence-corrected chi connectivity index (χ1v) is 7.02. The number of rotatable bonds is 7. The Morgan fingerprint density at radius 2 is 1.69 bits per heavy atom. The molecule has 1 rings (SSSR count). The minimum Gasteiger partial charge on any atom is -0.378 e. The van der Waals surface area contributed by atoms with E-state index in [1.54, 1.807) is 0 Å². The van der Waals surface area contributed by atoms with Crippen molar-refractivity contribution in [2.75, 3.05) is 20.2 Å². The summed E-state index contributed by atoms with van der Waals surface area (Å²) in [4.78, 5) is 0. The summed E-state index contributed by atoms with van der Waals surface area (Å²) in [5, 5.41) is 3.43. The highest BCUT2D eigenvalue weighted by Gasteiger charge is 2.33. The molecule has 1 aliphatic heterocycles. The molecule has 2 heteroatoms. The molecule has 0 atom stereocenters. The van der Waals surface area contributed by atoms with E-state index in [0.717, 1.165) is 19.0 Å². The van der Waals surface area contributed by atoms with E-state index in [0.29, 0.717) is 0 Å². The summed E-state index contributed by atoms with van der Waals surface area (Å²) in [5.41, 5.74) is 0.181. The third-order valence-corrected chi connectivity index (χ3v) is 4.00. The molecular weight excluding hydrogens is 198 g/mol. The van der Waals surface area contributed by atoms with Gasteiger partial charge >= 0.3 is 0 Å². The Hall–Kier alpha value is -0.0800. The Morgan fingerprint density at radius 1 is 1.12 bits per heavy atom. The second-order valence-corrected chi connectivity index (χ2v) is 5.28. The van der Waals surface area contributed by atoms with E-state index in [9.17, 15) is 0 Å². The van der Waals surface area contributed by atoms with Gasteiger partial charge in [-0.2, -0.15) is 0 Å². The summed E-state index contributed by atoms with van der Waals surface area (Å²) in [6.45, 7) is 6.84. The minimum absolute atomic E-state index is 0.181. The lowest BCUT2D eigenvalue weighted by Crippen LogP contribution is -2.44. The van der Waals surface area contributed by atoms with Crippen molar-refractivity contribution in [2.24, 2.45) is 5.92 Å². The highest BCUT2D eigenvalue weighted by atomic mass is 16.5. The molecule has 0 aromatic heterocycles. The molecule has 0 aromatic rings. The number of methoxy groups -OCH3 is 1. The summed E-state index contributed by atoms with van der Waals surface area (Å²) in [7, 11) is 1.90. The molecule has 16 heavy (non-hydrogen) atoms. The van der Waals surface area contributed by atoms with Gasteiger partial charge in [0.15, 0.2) is 0 Å². The van der Waals surface area contributed by atoms with Crippen molar-refractivity contribution in [1.29, 1.82) is 0 Å². The molecule has 0 aliphatic carbocycles. The minimum atomic E-state index is 0.181. The molecule has 1 N–H and O–H groups in total. The molecule has 0 bridgehead atoms. The van der Waals surface area contributed by atoms with Crippen molar-refractivity contribution < 1.29 is 4.74 Å². The molecule has 96 valence electrons. The van der Waals surface area contributed by atoms with Crippen LogP contribution in [0.25, 0.3) is 0 Å². The highest BCUT2D eigenvalue weighted by Crippen LogP contribution is 2.33. The SMILES string of the molecule is CCCC(CCC)CC1(OC)CCNCC1. The van der Waals surface area contributed by atoms with Crippen LogP contribution in [-0.2, 0) is 4.74 Å². The van der Waals surface area contributed by atoms with Crippen LogP contribution in [0.3, 0.4) is 0 Å². The van der Waals surface area contributed by atoms with Crippen LogP contribution in [0, 0.1) is 5.92 Å². The Kier molecular flexibility index (Phi) is 6.37. The van der Waals surface area contributed by atoms with Gasteiger partial charge in [0.2, 0.25) is 0 Å². The van der Waals surface area contributed by atoms with E-state index >= 15 is 0 Å². The third kappa shape index (κ3) is 4.06. The average Bonchev–Trinajstić information content (AvgIpc) is 2.31. The van der Waals surface area contributed by atoms with Crippen LogP contribution in [0.15, 0.2) is 0 Å². The van der Waals surface area contributed by atoms with Gasteiger partial charge in [0.05, 0.1) is 5.60 Å². The van der Waals surface area contributed by atoms with Crippen LogP contribution in [0.2, 0.25) is 0 Å². The van der Waals surface area contributed by atoms with Gasteiger partial charge in [0.25, 0.3) is 0 Å². The maximum absolute atomic E-state index is 5.86. The summed E-state index contributed by atoms with van der Waals surface area (Å²) < 4.78 is 5.86. The molecule has 0 radical (unpaired) electrons. The molecule has 0 unspecified atom stereocenters. The van der Waals surface area contributed by atoms with Gasteiger partial charge in [-0.1, -0.05) is 39.5 Å². The molecule has 0 spiro atoms. The lowest BCUT2D eigenvalue weighted by atomic mass is 9.80. The molecule has 0 aromatic carbocycles. The summed E-state index contributed by atoms with van der Waals surface area (Å²) in [6, 6.07) is 0. The molecule has 1 heterocycles. The number of ether oxygens (including phenoxy) is 1. The van der Waals surface area contributed by atoms with Crippen LogP contribution < -0.4 is 5.32 Å². The quantitative estimate of drug-likeness (QED) is 0.720. The van der Waals surface area contributed by atoms with Crippen LogP contribution in [-0.4, -0.2) is 25.8 Å². The molecule has 0 amide bonds. The normalized spacial score (nSPS) is 20.2. The van der Waals surface area contributed by atoms with Crippen LogP contribution in [0.1, 0.15) is 58.8 Å². The molecular formula is C14H29NO. The molecule has 1 saturated heterocycles. The van der Waals surface area contributed by atoms with Gasteiger partial charge in [-0.3, -0.25) is 0 Å². The zero-order valence-electron chi connectivity index (χ0n) is 11.3. The van der Waals surface area contributed by atoms with Gasteiger partial charge < -0.3 is 10.1 Å². The van der Waals surface area contributed by atoms with E-state index in [2.05, 4.69) is 19.2 Å². The van der Waals surface area contributed by atoms with Crippen LogP contribution in [0.4, 0.5) is 0 Å². The zero-order chi connectivity index (χ0) is 11.9. The van der Waals surface area contributed by atoms with Crippen molar-refractivity contribution in [1.82, 2.24) is 5.32 Å². The number of hydrogen-bond donors (Lipinski definition) is 1. The molecule has 1 fully saturated rings. The molecule has 0 saturated carbocycles. The summed E-state index contributed by atoms with van der Waals surface area (Å²) in [5.74, 6) is 0.869. The Morgan fingerprint density at radius 3 is 2.12 bits per heavy atom. The van der Waals surface area contributed by atoms with Crippen molar-refractivity contribution in [3.05, 3.63) is 0 Å². The van der Waals surface area contributed by atoms with E-state index in [1.807, 2.05) is 7.11 Å². The maximum atomic E-state index is 5.86. The second kappa shape index (κ2) is 7.29. The van der Waals surface area contributed by atoms with Gasteiger partial charge in [0.1, 0.15) is 0 Å². The van der Waals surface area contributed by atoms with Gasteiger partial charge in [-0.25, -0.2) is 0 Å². The summed E-state index contributed by atoms with van der Waals surface area (Å²) >= 11 is 0. The fourth-order valence-corrected chi connectivity index (χ4v) is 3.07. The number of piperidine rings is 1. The highest BCUT2D eigenvalue weighted by molar-refractivity contribution is 4.88. The van der Waals surface area contributed by atoms with E-state index in [-0.39, 0.29) is 5.60 Å². The van der Waals surface area contributed by atoms with Crippen molar-refractivity contribution in [3.8, 4) is 0 Å². The zero-order valence-corrected chi connectivity index (χ0v) is 11.3. The fourth-order valence-electron chi connectivity index (χ4n) is 3.07. The van der Waals surface area contributed by atoms with E-state index in [1.165, 1.54) is 44.9 Å². The van der Waals surface area contributed by atoms with Gasteiger partial charge in [0, 0.05) is 7.11 Å². The lowest BCUT2D eigenvalue weighted by Gasteiger charge is -2.39. The first-order chi connectivity index (χ1) is 7.76. The van der Waals surface area contributed by atoms with Crippen molar-refractivity contribution >= 4 is 0 Å². The largest absolute Gasteiger partial charge is 0.378 e. The fraction of sp³-hybridized carbons (Fsp3) is 1.00. The first kappa shape index (κ1) is 14.0. The molecule has 1 aliphatic rings. The third-order valence-electron chi connectivity index (χ3n) is 4.00. The van der Waals surface area contributed by atoms with E-state index < -0.39 is 0 Å². The maximum Gasteiger partial charge on any atom is 0.0705 e. The molecule has 2 nitrogen and oxygen atoms in total. The Labute approximate surface area is 101 Å². The predicted molar refractivity (Wildman–Crippen MR) is 69.8 cm³/mol. The van der Waals surface area contributed by atoms with Gasteiger partial charge in [-0.15, -0.1) is 0 Å². The lowest BCUT2D eigenvalue weighted by molar-refractivity contribution is -0.0531. The second-order valence-electron chi connectivity index (χ2n) is 5.28. The van der Waals surface area contributed by atoms with Crippen molar-refractivity contribution in [3.63, 3.8) is 0 Å². The summed E-state index contributed by atoms with van der Waals surface area (Å²) in [6.07, 6.45) is 9.00. The smallest absolute Gasteiger partial charge is 0.0705 e. The van der Waals surface area contributed by atoms with Gasteiger partial charge in [-0.05, 0) is 38.3 Å². The van der Waals surface area contributed by atoms with Crippen LogP contribution in [0.5, 0.6) is 0 Å². The Bertz CT molecular complexity index is 170. The van der Waals surface area contributed by atoms with Crippen LogP contribution >= 0.6 is 0 Å². The standard InChI is InChI=1S/C14H29NO/c1-4-6-13(7-5-2)12-14(16-3)8-10-15-11-9-14/h13,15H,4-12H2,1-3H3. The topological polar surface area (TPSA) is 21.3 Å². The average molecular weight is 227 g/mol. The monoisotopic (exact) mass is 227 g/mol. The van der Waals surface area contributed by atoms with Crippen molar-refractivity contribution in [2.45, 2.75) is 64.4 Å². The Balaban J connectivity index is 2.50. The first-order valence-electron chi connectivity index (χ1n) is 7.02.